The van der Waals surface area contributed by atoms with Crippen LogP contribution in [0, 0.1) is 0 Å². The number of ketones is 1. The average molecular weight is 271 g/mol. The zero-order valence-corrected chi connectivity index (χ0v) is 11.3. The van der Waals surface area contributed by atoms with E-state index in [2.05, 4.69) is 0 Å². The topological polar surface area (TPSA) is 52.6 Å². The Kier molecular flexibility index (Phi) is 5.16. The molecule has 0 aliphatic carbocycles. The van der Waals surface area contributed by atoms with Gasteiger partial charge in [-0.05, 0) is 25.5 Å². The standard InChI is InChI=1S/C13H15ClO4/c1-4-9-10(12(15)13(16)18-5-2)6-8(14)7-11(9)17-3/h6-7H,4-5H2,1-3H3. The van der Waals surface area contributed by atoms with Crippen molar-refractivity contribution in [2.45, 2.75) is 20.3 Å². The van der Waals surface area contributed by atoms with E-state index < -0.39 is 11.8 Å². The number of Topliss-reactive ketones (excluding diaryl/α,β-unsaturated/α-hetero) is 1. The maximum atomic E-state index is 11.9. The summed E-state index contributed by atoms with van der Waals surface area (Å²) < 4.78 is 9.86. The van der Waals surface area contributed by atoms with Crippen molar-refractivity contribution >= 4 is 23.4 Å². The maximum Gasteiger partial charge on any atom is 0.379 e. The fraction of sp³-hybridized carbons (Fsp3) is 0.385. The van der Waals surface area contributed by atoms with Gasteiger partial charge in [0.05, 0.1) is 13.7 Å². The molecule has 0 fully saturated rings. The Morgan fingerprint density at radius 3 is 2.44 bits per heavy atom. The first-order valence-electron chi connectivity index (χ1n) is 5.62. The number of hydrogen-bond donors (Lipinski definition) is 0. The van der Waals surface area contributed by atoms with Crippen LogP contribution in [0.25, 0.3) is 0 Å². The molecule has 0 unspecified atom stereocenters. The van der Waals surface area contributed by atoms with Gasteiger partial charge in [-0.15, -0.1) is 0 Å². The van der Waals surface area contributed by atoms with E-state index in [1.54, 1.807) is 13.0 Å². The molecule has 0 atom stereocenters. The van der Waals surface area contributed by atoms with Crippen molar-refractivity contribution < 1.29 is 19.1 Å². The number of methoxy groups -OCH3 is 1. The molecule has 0 spiro atoms. The zero-order valence-electron chi connectivity index (χ0n) is 10.6. The lowest BCUT2D eigenvalue weighted by molar-refractivity contribution is -0.137. The van der Waals surface area contributed by atoms with Gasteiger partial charge in [0.2, 0.25) is 0 Å². The molecule has 0 amide bonds. The monoisotopic (exact) mass is 270 g/mol. The number of carbonyl (C=O) groups is 2. The Labute approximate surface area is 111 Å². The second-order valence-corrected chi connectivity index (χ2v) is 3.97. The molecule has 0 saturated heterocycles. The van der Waals surface area contributed by atoms with Crippen molar-refractivity contribution in [3.05, 3.63) is 28.3 Å². The molecule has 0 heterocycles. The van der Waals surface area contributed by atoms with E-state index in [1.165, 1.54) is 13.2 Å². The maximum absolute atomic E-state index is 11.9. The van der Waals surface area contributed by atoms with Crippen LogP contribution in [0.15, 0.2) is 12.1 Å². The summed E-state index contributed by atoms with van der Waals surface area (Å²) in [5.74, 6) is -1.08. The molecule has 0 N–H and O–H groups in total. The molecule has 0 aromatic heterocycles. The van der Waals surface area contributed by atoms with Gasteiger partial charge in [0.15, 0.2) is 0 Å². The Balaban J connectivity index is 3.26. The molecular weight excluding hydrogens is 256 g/mol. The Morgan fingerprint density at radius 1 is 1.28 bits per heavy atom. The molecule has 0 aliphatic heterocycles. The number of benzene rings is 1. The minimum absolute atomic E-state index is 0.156. The zero-order chi connectivity index (χ0) is 13.7. The van der Waals surface area contributed by atoms with E-state index in [-0.39, 0.29) is 12.2 Å². The lowest BCUT2D eigenvalue weighted by Crippen LogP contribution is -2.19. The normalized spacial score (nSPS) is 10.0. The van der Waals surface area contributed by atoms with Crippen molar-refractivity contribution in [3.63, 3.8) is 0 Å². The molecule has 1 aromatic rings. The fourth-order valence-corrected chi connectivity index (χ4v) is 1.88. The molecule has 0 radical (unpaired) electrons. The van der Waals surface area contributed by atoms with E-state index in [4.69, 9.17) is 21.1 Å². The van der Waals surface area contributed by atoms with Crippen molar-refractivity contribution in [3.8, 4) is 5.75 Å². The van der Waals surface area contributed by atoms with Crippen LogP contribution >= 0.6 is 11.6 Å². The van der Waals surface area contributed by atoms with Gasteiger partial charge in [-0.2, -0.15) is 0 Å². The fourth-order valence-electron chi connectivity index (χ4n) is 1.67. The van der Waals surface area contributed by atoms with E-state index in [0.717, 1.165) is 0 Å². The second-order valence-electron chi connectivity index (χ2n) is 3.54. The van der Waals surface area contributed by atoms with Crippen molar-refractivity contribution in [1.82, 2.24) is 0 Å². The summed E-state index contributed by atoms with van der Waals surface area (Å²) in [6.45, 7) is 3.67. The van der Waals surface area contributed by atoms with Gasteiger partial charge < -0.3 is 9.47 Å². The summed E-state index contributed by atoms with van der Waals surface area (Å²) >= 11 is 5.90. The van der Waals surface area contributed by atoms with Crippen LogP contribution in [0.3, 0.4) is 0 Å². The van der Waals surface area contributed by atoms with Crippen LogP contribution < -0.4 is 4.74 Å². The molecule has 0 aliphatic rings. The van der Waals surface area contributed by atoms with Crippen LogP contribution in [0.5, 0.6) is 5.75 Å². The molecule has 0 saturated carbocycles. The van der Waals surface area contributed by atoms with Gasteiger partial charge in [-0.1, -0.05) is 18.5 Å². The van der Waals surface area contributed by atoms with Gasteiger partial charge in [-0.3, -0.25) is 4.79 Å². The van der Waals surface area contributed by atoms with E-state index in [0.29, 0.717) is 22.8 Å². The lowest BCUT2D eigenvalue weighted by Gasteiger charge is -2.12. The van der Waals surface area contributed by atoms with E-state index in [1.807, 2.05) is 6.92 Å². The lowest BCUT2D eigenvalue weighted by atomic mass is 10.0. The Hall–Kier alpha value is -1.55. The Bertz CT molecular complexity index is 468. The summed E-state index contributed by atoms with van der Waals surface area (Å²) in [4.78, 5) is 23.4. The van der Waals surface area contributed by atoms with Gasteiger partial charge in [-0.25, -0.2) is 4.79 Å². The highest BCUT2D eigenvalue weighted by Gasteiger charge is 2.23. The molecule has 0 bridgehead atoms. The van der Waals surface area contributed by atoms with Gasteiger partial charge in [0.1, 0.15) is 5.75 Å². The van der Waals surface area contributed by atoms with Crippen molar-refractivity contribution in [2.24, 2.45) is 0 Å². The number of ether oxygens (including phenoxy) is 2. The summed E-state index contributed by atoms with van der Waals surface area (Å²) in [5, 5.41) is 0.344. The number of halogens is 1. The second kappa shape index (κ2) is 6.40. The highest BCUT2D eigenvalue weighted by molar-refractivity contribution is 6.41. The van der Waals surface area contributed by atoms with Gasteiger partial charge in [0, 0.05) is 16.1 Å². The van der Waals surface area contributed by atoms with Gasteiger partial charge in [0.25, 0.3) is 5.78 Å². The molecule has 98 valence electrons. The smallest absolute Gasteiger partial charge is 0.379 e. The average Bonchev–Trinajstić information content (AvgIpc) is 2.36. The Morgan fingerprint density at radius 2 is 1.94 bits per heavy atom. The third-order valence-electron chi connectivity index (χ3n) is 2.45. The SMILES string of the molecule is CCOC(=O)C(=O)c1cc(Cl)cc(OC)c1CC. The van der Waals surface area contributed by atoms with Crippen LogP contribution in [0.2, 0.25) is 5.02 Å². The predicted octanol–water partition coefficient (Wildman–Crippen LogP) is 2.66. The molecule has 5 heteroatoms. The van der Waals surface area contributed by atoms with Crippen LogP contribution in [0.1, 0.15) is 29.8 Å². The van der Waals surface area contributed by atoms with Crippen LogP contribution in [-0.2, 0) is 16.0 Å². The minimum atomic E-state index is -0.878. The number of carbonyl (C=O) groups excluding carboxylic acids is 2. The first kappa shape index (κ1) is 14.5. The highest BCUT2D eigenvalue weighted by atomic mass is 35.5. The number of esters is 1. The molecule has 4 nitrogen and oxygen atoms in total. The van der Waals surface area contributed by atoms with E-state index in [9.17, 15) is 9.59 Å². The number of hydrogen-bond acceptors (Lipinski definition) is 4. The first-order valence-corrected chi connectivity index (χ1v) is 6.00. The molecule has 18 heavy (non-hydrogen) atoms. The van der Waals surface area contributed by atoms with Crippen molar-refractivity contribution in [2.75, 3.05) is 13.7 Å². The summed E-state index contributed by atoms with van der Waals surface area (Å²) in [6.07, 6.45) is 0.556. The van der Waals surface area contributed by atoms with Gasteiger partial charge >= 0.3 is 5.97 Å². The molecule has 1 aromatic carbocycles. The molecular formula is C13H15ClO4. The molecule has 1 rings (SSSR count). The summed E-state index contributed by atoms with van der Waals surface area (Å²) in [5.41, 5.74) is 0.889. The first-order chi connectivity index (χ1) is 8.54. The number of rotatable bonds is 5. The largest absolute Gasteiger partial charge is 0.496 e. The van der Waals surface area contributed by atoms with Crippen LogP contribution in [0.4, 0.5) is 0 Å². The summed E-state index contributed by atoms with van der Waals surface area (Å²) in [7, 11) is 1.49. The third kappa shape index (κ3) is 3.01. The third-order valence-corrected chi connectivity index (χ3v) is 2.67. The summed E-state index contributed by atoms with van der Waals surface area (Å²) in [6, 6.07) is 3.07. The highest BCUT2D eigenvalue weighted by Crippen LogP contribution is 2.28. The van der Waals surface area contributed by atoms with Crippen molar-refractivity contribution in [1.29, 1.82) is 0 Å². The van der Waals surface area contributed by atoms with E-state index >= 15 is 0 Å². The van der Waals surface area contributed by atoms with Crippen LogP contribution in [-0.4, -0.2) is 25.5 Å². The predicted molar refractivity (Wildman–Crippen MR) is 68.3 cm³/mol. The quantitative estimate of drug-likeness (QED) is 0.469. The minimum Gasteiger partial charge on any atom is -0.496 e.